The topological polar surface area (TPSA) is 48.0 Å². The van der Waals surface area contributed by atoms with Crippen molar-refractivity contribution in [2.45, 2.75) is 0 Å². The highest BCUT2D eigenvalue weighted by Crippen LogP contribution is 2.25. The number of halogens is 1. The Labute approximate surface area is 116 Å². The third-order valence-corrected chi connectivity index (χ3v) is 4.51. The maximum atomic E-state index is 12.3. The Morgan fingerprint density at radius 1 is 1.17 bits per heavy atom. The monoisotopic (exact) mass is 320 g/mol. The van der Waals surface area contributed by atoms with Crippen LogP contribution in [0.4, 0.5) is 5.69 Å². The second-order valence-electron chi connectivity index (χ2n) is 3.89. The molecule has 0 amide bonds. The van der Waals surface area contributed by atoms with Crippen LogP contribution >= 0.6 is 27.5 Å². The fourth-order valence-electron chi connectivity index (χ4n) is 1.78. The van der Waals surface area contributed by atoms with Gasteiger partial charge in [-0.3, -0.25) is 4.79 Å². The van der Waals surface area contributed by atoms with Crippen LogP contribution < -0.4 is 11.3 Å². The maximum absolute atomic E-state index is 12.3. The predicted octanol–water partition coefficient (Wildman–Crippen LogP) is 3.40. The van der Waals surface area contributed by atoms with Gasteiger partial charge in [-0.25, -0.2) is 3.96 Å². The molecule has 0 fully saturated rings. The van der Waals surface area contributed by atoms with Gasteiger partial charge in [0.2, 0.25) is 0 Å². The summed E-state index contributed by atoms with van der Waals surface area (Å²) in [5.41, 5.74) is 7.24. The van der Waals surface area contributed by atoms with Crippen molar-refractivity contribution in [2.24, 2.45) is 0 Å². The van der Waals surface area contributed by atoms with Crippen molar-refractivity contribution in [3.05, 3.63) is 57.3 Å². The van der Waals surface area contributed by atoms with Crippen molar-refractivity contribution in [1.29, 1.82) is 0 Å². The van der Waals surface area contributed by atoms with Crippen molar-refractivity contribution in [3.63, 3.8) is 0 Å². The lowest BCUT2D eigenvalue weighted by atomic mass is 10.2. The Morgan fingerprint density at radius 2 is 1.94 bits per heavy atom. The van der Waals surface area contributed by atoms with E-state index in [2.05, 4.69) is 15.9 Å². The van der Waals surface area contributed by atoms with E-state index in [0.717, 1.165) is 20.2 Å². The summed E-state index contributed by atoms with van der Waals surface area (Å²) >= 11 is 4.81. The summed E-state index contributed by atoms with van der Waals surface area (Å²) < 4.78 is 3.45. The van der Waals surface area contributed by atoms with Gasteiger partial charge >= 0.3 is 0 Å². The summed E-state index contributed by atoms with van der Waals surface area (Å²) in [7, 11) is 0. The maximum Gasteiger partial charge on any atom is 0.273 e. The number of nitrogens with two attached hydrogens (primary N) is 1. The molecule has 1 heterocycles. The van der Waals surface area contributed by atoms with E-state index in [9.17, 15) is 4.79 Å². The van der Waals surface area contributed by atoms with Gasteiger partial charge in [-0.2, -0.15) is 0 Å². The zero-order valence-electron chi connectivity index (χ0n) is 9.26. The van der Waals surface area contributed by atoms with Gasteiger partial charge in [-0.15, -0.1) is 0 Å². The molecule has 0 aliphatic rings. The third kappa shape index (κ3) is 1.76. The van der Waals surface area contributed by atoms with Gasteiger partial charge in [0, 0.05) is 10.2 Å². The number of nitrogen functional groups attached to an aromatic ring is 1. The second kappa shape index (κ2) is 4.26. The lowest BCUT2D eigenvalue weighted by Gasteiger charge is -2.03. The van der Waals surface area contributed by atoms with E-state index in [4.69, 9.17) is 5.73 Å². The molecule has 1 aromatic heterocycles. The van der Waals surface area contributed by atoms with Crippen LogP contribution in [-0.4, -0.2) is 3.96 Å². The summed E-state index contributed by atoms with van der Waals surface area (Å²) in [5, 5.41) is 0.746. The van der Waals surface area contributed by atoms with E-state index in [1.165, 1.54) is 11.5 Å². The number of hydrogen-bond donors (Lipinski definition) is 1. The Morgan fingerprint density at radius 3 is 2.67 bits per heavy atom. The first-order valence-electron chi connectivity index (χ1n) is 5.33. The first kappa shape index (κ1) is 11.5. The summed E-state index contributed by atoms with van der Waals surface area (Å²) in [6, 6.07) is 13.1. The molecular formula is C13H9BrN2OS. The number of hydrogen-bond acceptors (Lipinski definition) is 3. The number of rotatable bonds is 1. The summed E-state index contributed by atoms with van der Waals surface area (Å²) in [4.78, 5) is 12.3. The lowest BCUT2D eigenvalue weighted by molar-refractivity contribution is 1.14. The van der Waals surface area contributed by atoms with Gasteiger partial charge in [0.15, 0.2) is 0 Å². The molecule has 0 aliphatic carbocycles. The van der Waals surface area contributed by atoms with Crippen molar-refractivity contribution in [2.75, 3.05) is 5.73 Å². The van der Waals surface area contributed by atoms with E-state index >= 15 is 0 Å². The smallest absolute Gasteiger partial charge is 0.273 e. The summed E-state index contributed by atoms with van der Waals surface area (Å²) in [6.07, 6.45) is 0. The zero-order chi connectivity index (χ0) is 12.7. The molecule has 0 spiro atoms. The minimum Gasteiger partial charge on any atom is -0.398 e. The van der Waals surface area contributed by atoms with Crippen molar-refractivity contribution in [1.82, 2.24) is 3.96 Å². The average Bonchev–Trinajstić information content (AvgIpc) is 2.71. The van der Waals surface area contributed by atoms with E-state index in [-0.39, 0.29) is 5.56 Å². The van der Waals surface area contributed by atoms with Gasteiger partial charge in [-0.05, 0) is 46.3 Å². The minimum atomic E-state index is 0.00673. The Balaban J connectivity index is 2.28. The molecule has 0 atom stereocenters. The van der Waals surface area contributed by atoms with Crippen LogP contribution in [0.25, 0.3) is 15.8 Å². The lowest BCUT2D eigenvalue weighted by Crippen LogP contribution is -2.10. The van der Waals surface area contributed by atoms with E-state index in [1.54, 1.807) is 10.0 Å². The summed E-state index contributed by atoms with van der Waals surface area (Å²) in [5.74, 6) is 0. The normalized spacial score (nSPS) is 10.9. The van der Waals surface area contributed by atoms with Gasteiger partial charge < -0.3 is 5.73 Å². The summed E-state index contributed by atoms with van der Waals surface area (Å²) in [6.45, 7) is 0. The molecule has 0 bridgehead atoms. The van der Waals surface area contributed by atoms with E-state index in [0.29, 0.717) is 5.69 Å². The molecule has 3 aromatic rings. The average molecular weight is 321 g/mol. The minimum absolute atomic E-state index is 0.00673. The first-order valence-corrected chi connectivity index (χ1v) is 6.90. The van der Waals surface area contributed by atoms with E-state index in [1.807, 2.05) is 36.4 Å². The molecule has 3 nitrogen and oxygen atoms in total. The number of fused-ring (bicyclic) bond motifs is 1. The number of nitrogens with zero attached hydrogens (tertiary/aromatic N) is 1. The highest BCUT2D eigenvalue weighted by molar-refractivity contribution is 9.10. The zero-order valence-corrected chi connectivity index (χ0v) is 11.7. The van der Waals surface area contributed by atoms with Crippen LogP contribution in [0.5, 0.6) is 0 Å². The molecule has 2 aromatic carbocycles. The number of benzene rings is 2. The molecule has 5 heteroatoms. The molecule has 0 saturated heterocycles. The fourth-order valence-corrected chi connectivity index (χ4v) is 3.14. The largest absolute Gasteiger partial charge is 0.398 e. The predicted molar refractivity (Wildman–Crippen MR) is 79.5 cm³/mol. The Bertz CT molecular complexity index is 791. The molecule has 18 heavy (non-hydrogen) atoms. The molecule has 3 rings (SSSR count). The molecule has 90 valence electrons. The van der Waals surface area contributed by atoms with E-state index < -0.39 is 0 Å². The highest BCUT2D eigenvalue weighted by Gasteiger charge is 2.09. The van der Waals surface area contributed by atoms with Crippen molar-refractivity contribution in [3.8, 4) is 5.69 Å². The van der Waals surface area contributed by atoms with Crippen molar-refractivity contribution < 1.29 is 0 Å². The molecule has 0 saturated carbocycles. The van der Waals surface area contributed by atoms with Gasteiger partial charge in [0.1, 0.15) is 0 Å². The fraction of sp³-hybridized carbons (Fsp3) is 0. The standard InChI is InChI=1S/C13H9BrN2OS/c14-10-7-8(5-6-11(10)15)16-13(17)9-3-1-2-4-12(9)18-16/h1-7H,15H2. The van der Waals surface area contributed by atoms with Gasteiger partial charge in [0.25, 0.3) is 5.56 Å². The van der Waals surface area contributed by atoms with Crippen LogP contribution in [0.15, 0.2) is 51.7 Å². The van der Waals surface area contributed by atoms with Crippen LogP contribution in [0.1, 0.15) is 0 Å². The quantitative estimate of drug-likeness (QED) is 0.698. The molecule has 0 aliphatic heterocycles. The van der Waals surface area contributed by atoms with Crippen LogP contribution in [0.3, 0.4) is 0 Å². The highest BCUT2D eigenvalue weighted by atomic mass is 79.9. The SMILES string of the molecule is Nc1ccc(-n2sc3ccccc3c2=O)cc1Br. The second-order valence-corrected chi connectivity index (χ2v) is 5.73. The molecule has 0 radical (unpaired) electrons. The number of anilines is 1. The Hall–Kier alpha value is -1.59. The molecule has 2 N–H and O–H groups in total. The molecule has 0 unspecified atom stereocenters. The first-order chi connectivity index (χ1) is 8.66. The molecular weight excluding hydrogens is 312 g/mol. The van der Waals surface area contributed by atoms with Crippen LogP contribution in [-0.2, 0) is 0 Å². The number of aromatic nitrogens is 1. The third-order valence-electron chi connectivity index (χ3n) is 2.71. The van der Waals surface area contributed by atoms with Gasteiger partial charge in [-0.1, -0.05) is 23.7 Å². The van der Waals surface area contributed by atoms with Crippen LogP contribution in [0.2, 0.25) is 0 Å². The van der Waals surface area contributed by atoms with Gasteiger partial charge in [0.05, 0.1) is 15.8 Å². The van der Waals surface area contributed by atoms with Crippen LogP contribution in [0, 0.1) is 0 Å². The van der Waals surface area contributed by atoms with Crippen molar-refractivity contribution >= 4 is 43.2 Å². The Kier molecular flexibility index (Phi) is 2.72.